The first-order valence-electron chi connectivity index (χ1n) is 20.6. The van der Waals surface area contributed by atoms with E-state index in [1.807, 2.05) is 18.2 Å². The predicted octanol–water partition coefficient (Wildman–Crippen LogP) is 4.50. The maximum Gasteiger partial charge on any atom is 0.272 e. The first-order chi connectivity index (χ1) is 29.1. The van der Waals surface area contributed by atoms with E-state index in [0.717, 1.165) is 56.2 Å². The Labute approximate surface area is 352 Å². The number of hydrogen-bond donors (Lipinski definition) is 3. The molecule has 16 heteroatoms. The zero-order valence-electron chi connectivity index (χ0n) is 33.6. The number of piperazine rings is 1. The van der Waals surface area contributed by atoms with Crippen LogP contribution in [0.5, 0.6) is 5.75 Å². The third kappa shape index (κ3) is 11.7. The molecule has 0 atom stereocenters. The molecular weight excluding hydrogens is 793 g/mol. The van der Waals surface area contributed by atoms with Crippen LogP contribution in [0.3, 0.4) is 0 Å². The number of anilines is 1. The highest BCUT2D eigenvalue weighted by Gasteiger charge is 2.27. The summed E-state index contributed by atoms with van der Waals surface area (Å²) in [6.07, 6.45) is 6.52. The lowest BCUT2D eigenvalue weighted by molar-refractivity contribution is -0.134. The van der Waals surface area contributed by atoms with E-state index in [-0.39, 0.29) is 92.7 Å². The number of halogens is 2. The fourth-order valence-corrected chi connectivity index (χ4v) is 7.72. The topological polar surface area (TPSA) is 174 Å². The Hall–Kier alpha value is -5.83. The van der Waals surface area contributed by atoms with Crippen LogP contribution in [0.15, 0.2) is 65.5 Å². The van der Waals surface area contributed by atoms with Crippen LogP contribution >= 0.6 is 11.6 Å². The number of rotatable bonds is 18. The van der Waals surface area contributed by atoms with Gasteiger partial charge in [0, 0.05) is 76.1 Å². The molecule has 0 spiro atoms. The van der Waals surface area contributed by atoms with Crippen molar-refractivity contribution in [1.29, 1.82) is 0 Å². The minimum Gasteiger partial charge on any atom is -0.484 e. The zero-order chi connectivity index (χ0) is 42.4. The molecule has 0 aliphatic carbocycles. The summed E-state index contributed by atoms with van der Waals surface area (Å²) in [7, 11) is 0. The van der Waals surface area contributed by atoms with Gasteiger partial charge in [0.1, 0.15) is 17.4 Å². The number of aryl methyl sites for hydroxylation is 1. The monoisotopic (exact) mass is 843 g/mol. The zero-order valence-corrected chi connectivity index (χ0v) is 34.4. The number of nitrogens with one attached hydrogen (secondary N) is 3. The van der Waals surface area contributed by atoms with Crippen molar-refractivity contribution in [2.24, 2.45) is 0 Å². The summed E-state index contributed by atoms with van der Waals surface area (Å²) in [5.41, 5.74) is 2.74. The van der Waals surface area contributed by atoms with Crippen molar-refractivity contribution in [3.05, 3.63) is 99.2 Å². The van der Waals surface area contributed by atoms with Gasteiger partial charge >= 0.3 is 0 Å². The molecule has 2 aliphatic heterocycles. The standard InChI is InChI=1S/C44H51ClFN7O7/c45-28-42(57)53-20-8-9-31-27-32(13-15-38(31)53)60-29-40(55)48-19-7-3-1-2-6-18-47-39(54)16-17-41(56)51-21-23-52(24-22-51)44(59)35-25-30(12-14-36(35)46)26-37-33-10-4-5-11-34(33)43(58)50-49-37/h4-5,10-15,25,27H,1-3,6-9,16-24,26,28-29H2,(H,47,54)(H,48,55)(H,50,58). The lowest BCUT2D eigenvalue weighted by Crippen LogP contribution is -2.50. The van der Waals surface area contributed by atoms with Crippen molar-refractivity contribution in [1.82, 2.24) is 30.6 Å². The number of unbranched alkanes of at least 4 members (excludes halogenated alkanes) is 4. The molecule has 3 heterocycles. The largest absolute Gasteiger partial charge is 0.484 e. The van der Waals surface area contributed by atoms with Gasteiger partial charge in [0.25, 0.3) is 17.4 Å². The van der Waals surface area contributed by atoms with Crippen LogP contribution in [0.25, 0.3) is 10.8 Å². The van der Waals surface area contributed by atoms with Gasteiger partial charge in [0.05, 0.1) is 16.6 Å². The number of nitrogens with zero attached hydrogens (tertiary/aromatic N) is 4. The van der Waals surface area contributed by atoms with Crippen LogP contribution in [-0.4, -0.2) is 108 Å². The van der Waals surface area contributed by atoms with E-state index in [1.165, 1.54) is 17.0 Å². The summed E-state index contributed by atoms with van der Waals surface area (Å²) in [4.78, 5) is 80.1. The van der Waals surface area contributed by atoms with Crippen molar-refractivity contribution in [3.8, 4) is 5.75 Å². The molecule has 14 nitrogen and oxygen atoms in total. The second kappa shape index (κ2) is 21.4. The second-order valence-corrected chi connectivity index (χ2v) is 15.3. The molecule has 3 aromatic carbocycles. The summed E-state index contributed by atoms with van der Waals surface area (Å²) in [5, 5.41) is 13.6. The van der Waals surface area contributed by atoms with E-state index in [4.69, 9.17) is 16.3 Å². The van der Waals surface area contributed by atoms with E-state index in [0.29, 0.717) is 47.4 Å². The Kier molecular flexibility index (Phi) is 15.6. The summed E-state index contributed by atoms with van der Waals surface area (Å²) >= 11 is 5.75. The number of benzene rings is 3. The third-order valence-corrected chi connectivity index (χ3v) is 11.1. The van der Waals surface area contributed by atoms with E-state index in [1.54, 1.807) is 40.1 Å². The summed E-state index contributed by atoms with van der Waals surface area (Å²) in [6, 6.07) is 16.9. The highest BCUT2D eigenvalue weighted by Crippen LogP contribution is 2.31. The maximum atomic E-state index is 14.9. The van der Waals surface area contributed by atoms with Gasteiger partial charge in [-0.1, -0.05) is 43.5 Å². The third-order valence-electron chi connectivity index (χ3n) is 10.8. The number of ether oxygens (including phenoxy) is 1. The average molecular weight is 844 g/mol. The molecule has 318 valence electrons. The van der Waals surface area contributed by atoms with Crippen LogP contribution in [0.4, 0.5) is 10.1 Å². The van der Waals surface area contributed by atoms with Crippen LogP contribution in [0.2, 0.25) is 0 Å². The molecule has 1 fully saturated rings. The maximum absolute atomic E-state index is 14.9. The van der Waals surface area contributed by atoms with Crippen LogP contribution in [0.1, 0.15) is 78.5 Å². The summed E-state index contributed by atoms with van der Waals surface area (Å²) in [5.74, 6) is -1.28. The minimum absolute atomic E-state index is 0.0595. The van der Waals surface area contributed by atoms with E-state index in [2.05, 4.69) is 20.8 Å². The highest BCUT2D eigenvalue weighted by molar-refractivity contribution is 6.29. The van der Waals surface area contributed by atoms with Gasteiger partial charge in [0.2, 0.25) is 17.7 Å². The van der Waals surface area contributed by atoms with Gasteiger partial charge in [-0.3, -0.25) is 28.8 Å². The van der Waals surface area contributed by atoms with Gasteiger partial charge in [-0.2, -0.15) is 5.10 Å². The summed E-state index contributed by atoms with van der Waals surface area (Å²) < 4.78 is 20.6. The van der Waals surface area contributed by atoms with Gasteiger partial charge in [-0.15, -0.1) is 11.6 Å². The smallest absolute Gasteiger partial charge is 0.272 e. The van der Waals surface area contributed by atoms with Gasteiger partial charge in [-0.05, 0) is 73.2 Å². The number of H-pyrrole nitrogens is 1. The molecule has 3 N–H and O–H groups in total. The SMILES string of the molecule is O=C(CCC(=O)N1CCN(C(=O)c2cc(Cc3n[nH]c(=O)c4ccccc34)ccc2F)CC1)NCCCCCCCNC(=O)COc1ccc2c(c1)CCCN2C(=O)CCl. The minimum atomic E-state index is -0.642. The van der Waals surface area contributed by atoms with E-state index < -0.39 is 11.7 Å². The Morgan fingerprint density at radius 1 is 0.783 bits per heavy atom. The molecule has 6 rings (SSSR count). The fourth-order valence-electron chi connectivity index (χ4n) is 7.57. The number of aromatic nitrogens is 2. The van der Waals surface area contributed by atoms with E-state index in [9.17, 15) is 33.2 Å². The normalized spacial score (nSPS) is 13.8. The van der Waals surface area contributed by atoms with E-state index >= 15 is 0 Å². The van der Waals surface area contributed by atoms with Crippen molar-refractivity contribution < 1.29 is 33.1 Å². The number of fused-ring (bicyclic) bond motifs is 2. The number of hydrogen-bond acceptors (Lipinski definition) is 8. The second-order valence-electron chi connectivity index (χ2n) is 15.0. The first-order valence-corrected chi connectivity index (χ1v) is 21.1. The van der Waals surface area contributed by atoms with Crippen molar-refractivity contribution >= 4 is 57.6 Å². The van der Waals surface area contributed by atoms with Gasteiger partial charge in [0.15, 0.2) is 6.61 Å². The molecule has 0 saturated carbocycles. The summed E-state index contributed by atoms with van der Waals surface area (Å²) in [6.45, 7) is 2.66. The number of amides is 5. The number of aromatic amines is 1. The molecule has 60 heavy (non-hydrogen) atoms. The quantitative estimate of drug-likeness (QED) is 0.0971. The molecule has 0 radical (unpaired) electrons. The van der Waals surface area contributed by atoms with Crippen LogP contribution in [0, 0.1) is 5.82 Å². The lowest BCUT2D eigenvalue weighted by Gasteiger charge is -2.35. The average Bonchev–Trinajstić information content (AvgIpc) is 3.27. The first kappa shape index (κ1) is 43.7. The molecule has 4 aromatic rings. The molecule has 0 bridgehead atoms. The predicted molar refractivity (Wildman–Crippen MR) is 226 cm³/mol. The number of carbonyl (C=O) groups is 5. The van der Waals surface area contributed by atoms with Crippen LogP contribution in [-0.2, 0) is 32.0 Å². The molecule has 0 unspecified atom stereocenters. The number of carbonyl (C=O) groups excluding carboxylic acids is 5. The fraction of sp³-hybridized carbons (Fsp3) is 0.432. The van der Waals surface area contributed by atoms with Crippen molar-refractivity contribution in [3.63, 3.8) is 0 Å². The molecule has 1 saturated heterocycles. The lowest BCUT2D eigenvalue weighted by atomic mass is 10.0. The van der Waals surface area contributed by atoms with Crippen molar-refractivity contribution in [2.75, 3.05) is 63.2 Å². The highest BCUT2D eigenvalue weighted by atomic mass is 35.5. The molecule has 2 aliphatic rings. The molecule has 1 aromatic heterocycles. The molecular formula is C44H51ClFN7O7. The van der Waals surface area contributed by atoms with Crippen molar-refractivity contribution in [2.45, 2.75) is 64.2 Å². The molecule has 5 amide bonds. The number of alkyl halides is 1. The Morgan fingerprint density at radius 2 is 1.48 bits per heavy atom. The Balaban J connectivity index is 0.800. The Morgan fingerprint density at radius 3 is 2.23 bits per heavy atom. The van der Waals surface area contributed by atoms with Gasteiger partial charge in [-0.25, -0.2) is 9.49 Å². The van der Waals surface area contributed by atoms with Crippen LogP contribution < -0.4 is 25.8 Å². The Bertz CT molecular complexity index is 2240. The van der Waals surface area contributed by atoms with Gasteiger partial charge < -0.3 is 30.1 Å².